The molecule has 1 amide bonds. The Balaban J connectivity index is 2.45. The zero-order chi connectivity index (χ0) is 14.3. The van der Waals surface area contributed by atoms with Crippen molar-refractivity contribution in [2.75, 3.05) is 26.0 Å². The summed E-state index contributed by atoms with van der Waals surface area (Å²) in [5.41, 5.74) is 1.19. The number of amides is 1. The fourth-order valence-electron chi connectivity index (χ4n) is 1.72. The molecule has 0 aliphatic heterocycles. The van der Waals surface area contributed by atoms with E-state index in [0.29, 0.717) is 5.75 Å². The van der Waals surface area contributed by atoms with Gasteiger partial charge < -0.3 is 9.64 Å². The summed E-state index contributed by atoms with van der Waals surface area (Å²) in [6.07, 6.45) is 0. The van der Waals surface area contributed by atoms with Gasteiger partial charge in [0.25, 0.3) is 0 Å². The van der Waals surface area contributed by atoms with Crippen LogP contribution >= 0.6 is 27.7 Å². The van der Waals surface area contributed by atoms with E-state index in [4.69, 9.17) is 4.74 Å². The van der Waals surface area contributed by atoms with Crippen LogP contribution in [0.2, 0.25) is 0 Å². The highest BCUT2D eigenvalue weighted by Crippen LogP contribution is 2.27. The molecule has 19 heavy (non-hydrogen) atoms. The van der Waals surface area contributed by atoms with Crippen molar-refractivity contribution in [3.05, 3.63) is 28.2 Å². The second-order valence-corrected chi connectivity index (χ2v) is 5.87. The SMILES string of the molecule is CCN(CC)C(=O)CSCc1ccc(OC)c(Br)c1. The van der Waals surface area contributed by atoms with Crippen LogP contribution < -0.4 is 4.74 Å². The van der Waals surface area contributed by atoms with Crippen molar-refractivity contribution < 1.29 is 9.53 Å². The van der Waals surface area contributed by atoms with Crippen molar-refractivity contribution in [3.63, 3.8) is 0 Å². The minimum atomic E-state index is 0.211. The van der Waals surface area contributed by atoms with Gasteiger partial charge in [0.1, 0.15) is 5.75 Å². The lowest BCUT2D eigenvalue weighted by molar-refractivity contribution is -0.127. The molecule has 1 aromatic carbocycles. The van der Waals surface area contributed by atoms with Gasteiger partial charge >= 0.3 is 0 Å². The van der Waals surface area contributed by atoms with Crippen molar-refractivity contribution in [1.29, 1.82) is 0 Å². The first-order chi connectivity index (χ1) is 9.12. The Morgan fingerprint density at radius 2 is 2.05 bits per heavy atom. The Morgan fingerprint density at radius 3 is 2.58 bits per heavy atom. The highest BCUT2D eigenvalue weighted by molar-refractivity contribution is 9.10. The van der Waals surface area contributed by atoms with Crippen LogP contribution in [0.25, 0.3) is 0 Å². The predicted octanol–water partition coefficient (Wildman–Crippen LogP) is 3.56. The zero-order valence-corrected chi connectivity index (χ0v) is 14.0. The van der Waals surface area contributed by atoms with Gasteiger partial charge in [0.15, 0.2) is 0 Å². The number of benzene rings is 1. The van der Waals surface area contributed by atoms with Crippen LogP contribution in [0.4, 0.5) is 0 Å². The van der Waals surface area contributed by atoms with Gasteiger partial charge in [0, 0.05) is 18.8 Å². The fraction of sp³-hybridized carbons (Fsp3) is 0.500. The van der Waals surface area contributed by atoms with Gasteiger partial charge in [0.2, 0.25) is 5.91 Å². The molecule has 0 atom stereocenters. The van der Waals surface area contributed by atoms with Gasteiger partial charge in [0.05, 0.1) is 17.3 Å². The number of carbonyl (C=O) groups is 1. The van der Waals surface area contributed by atoms with E-state index in [1.807, 2.05) is 36.9 Å². The summed E-state index contributed by atoms with van der Waals surface area (Å²) in [7, 11) is 1.65. The maximum atomic E-state index is 11.8. The highest BCUT2D eigenvalue weighted by Gasteiger charge is 2.09. The Labute approximate surface area is 127 Å². The summed E-state index contributed by atoms with van der Waals surface area (Å²) in [6.45, 7) is 5.58. The fourth-order valence-corrected chi connectivity index (χ4v) is 3.19. The van der Waals surface area contributed by atoms with Crippen molar-refractivity contribution in [3.8, 4) is 5.75 Å². The Bertz CT molecular complexity index is 422. The molecule has 0 aromatic heterocycles. The first kappa shape index (κ1) is 16.4. The maximum absolute atomic E-state index is 11.8. The van der Waals surface area contributed by atoms with Gasteiger partial charge in [-0.3, -0.25) is 4.79 Å². The van der Waals surface area contributed by atoms with E-state index >= 15 is 0 Å². The number of rotatable bonds is 7. The zero-order valence-electron chi connectivity index (χ0n) is 11.6. The van der Waals surface area contributed by atoms with Crippen molar-refractivity contribution in [2.24, 2.45) is 0 Å². The largest absolute Gasteiger partial charge is 0.496 e. The minimum Gasteiger partial charge on any atom is -0.496 e. The Kier molecular flexibility index (Phi) is 7.31. The number of nitrogens with zero attached hydrogens (tertiary/aromatic N) is 1. The van der Waals surface area contributed by atoms with E-state index in [1.54, 1.807) is 18.9 Å². The summed E-state index contributed by atoms with van der Waals surface area (Å²) in [5, 5.41) is 0. The standard InChI is InChI=1S/C14H20BrNO2S/c1-4-16(5-2)14(17)10-19-9-11-6-7-13(18-3)12(15)8-11/h6-8H,4-5,9-10H2,1-3H3. The molecule has 0 unspecified atom stereocenters. The van der Waals surface area contributed by atoms with Gasteiger partial charge in [-0.2, -0.15) is 0 Å². The average molecular weight is 346 g/mol. The molecule has 0 saturated heterocycles. The first-order valence-electron chi connectivity index (χ1n) is 6.30. The van der Waals surface area contributed by atoms with Crippen LogP contribution in [0.5, 0.6) is 5.75 Å². The summed E-state index contributed by atoms with van der Waals surface area (Å²) in [5.74, 6) is 2.40. The molecular weight excluding hydrogens is 326 g/mol. The lowest BCUT2D eigenvalue weighted by Crippen LogP contribution is -2.31. The molecule has 1 rings (SSSR count). The van der Waals surface area contributed by atoms with Gasteiger partial charge in [-0.15, -0.1) is 11.8 Å². The van der Waals surface area contributed by atoms with E-state index in [9.17, 15) is 4.79 Å². The molecule has 0 saturated carbocycles. The van der Waals surface area contributed by atoms with Crippen LogP contribution in [-0.4, -0.2) is 36.8 Å². The number of carbonyl (C=O) groups excluding carboxylic acids is 1. The molecule has 0 fully saturated rings. The number of ether oxygens (including phenoxy) is 1. The number of thioether (sulfide) groups is 1. The van der Waals surface area contributed by atoms with Crippen LogP contribution in [0.1, 0.15) is 19.4 Å². The maximum Gasteiger partial charge on any atom is 0.232 e. The Hall–Kier alpha value is -0.680. The third-order valence-electron chi connectivity index (χ3n) is 2.83. The number of halogens is 1. The van der Waals surface area contributed by atoms with E-state index in [0.717, 1.165) is 29.1 Å². The normalized spacial score (nSPS) is 10.3. The van der Waals surface area contributed by atoms with Crippen molar-refractivity contribution in [1.82, 2.24) is 4.90 Å². The Morgan fingerprint density at radius 1 is 1.37 bits per heavy atom. The number of hydrogen-bond acceptors (Lipinski definition) is 3. The van der Waals surface area contributed by atoms with E-state index in [-0.39, 0.29) is 5.91 Å². The van der Waals surface area contributed by atoms with E-state index < -0.39 is 0 Å². The molecule has 5 heteroatoms. The van der Waals surface area contributed by atoms with Crippen LogP contribution in [0, 0.1) is 0 Å². The molecule has 0 aliphatic rings. The average Bonchev–Trinajstić information content (AvgIpc) is 2.40. The second-order valence-electron chi connectivity index (χ2n) is 4.03. The topological polar surface area (TPSA) is 29.5 Å². The molecule has 0 radical (unpaired) electrons. The molecule has 1 aromatic rings. The molecule has 0 N–H and O–H groups in total. The number of hydrogen-bond donors (Lipinski definition) is 0. The van der Waals surface area contributed by atoms with Crippen LogP contribution in [0.3, 0.4) is 0 Å². The predicted molar refractivity (Wildman–Crippen MR) is 84.8 cm³/mol. The molecule has 106 valence electrons. The lowest BCUT2D eigenvalue weighted by atomic mass is 10.2. The van der Waals surface area contributed by atoms with Gasteiger partial charge in [-0.05, 0) is 47.5 Å². The summed E-state index contributed by atoms with van der Waals surface area (Å²) in [6, 6.07) is 6.00. The first-order valence-corrected chi connectivity index (χ1v) is 8.25. The molecule has 3 nitrogen and oxygen atoms in total. The monoisotopic (exact) mass is 345 g/mol. The molecule has 0 aliphatic carbocycles. The second kappa shape index (κ2) is 8.48. The van der Waals surface area contributed by atoms with E-state index in [2.05, 4.69) is 15.9 Å². The summed E-state index contributed by atoms with van der Waals surface area (Å²) >= 11 is 5.11. The van der Waals surface area contributed by atoms with Crippen LogP contribution in [0.15, 0.2) is 22.7 Å². The summed E-state index contributed by atoms with van der Waals surface area (Å²) < 4.78 is 6.14. The molecular formula is C14H20BrNO2S. The molecule has 0 bridgehead atoms. The van der Waals surface area contributed by atoms with E-state index in [1.165, 1.54) is 5.56 Å². The smallest absolute Gasteiger partial charge is 0.232 e. The minimum absolute atomic E-state index is 0.211. The number of methoxy groups -OCH3 is 1. The van der Waals surface area contributed by atoms with Crippen molar-refractivity contribution >= 4 is 33.6 Å². The third kappa shape index (κ3) is 5.07. The quantitative estimate of drug-likeness (QED) is 0.756. The molecule has 0 spiro atoms. The van der Waals surface area contributed by atoms with Crippen LogP contribution in [-0.2, 0) is 10.5 Å². The highest BCUT2D eigenvalue weighted by atomic mass is 79.9. The summed E-state index contributed by atoms with van der Waals surface area (Å²) in [4.78, 5) is 13.7. The van der Waals surface area contributed by atoms with Crippen molar-refractivity contribution in [2.45, 2.75) is 19.6 Å². The van der Waals surface area contributed by atoms with Gasteiger partial charge in [-0.25, -0.2) is 0 Å². The van der Waals surface area contributed by atoms with Gasteiger partial charge in [-0.1, -0.05) is 6.07 Å². The molecule has 0 heterocycles. The lowest BCUT2D eigenvalue weighted by Gasteiger charge is -2.18. The third-order valence-corrected chi connectivity index (χ3v) is 4.43.